The number of Topliss-reactive ketones (excluding diaryl/α,β-unsaturated/α-hetero) is 1. The maximum atomic E-state index is 12.8. The summed E-state index contributed by atoms with van der Waals surface area (Å²) < 4.78 is 38.5. The number of carbonyl (C=O) groups excluding carboxylic acids is 1. The van der Waals surface area contributed by atoms with Crippen molar-refractivity contribution in [3.8, 4) is 0 Å². The van der Waals surface area contributed by atoms with Crippen molar-refractivity contribution in [1.29, 1.82) is 0 Å². The lowest BCUT2D eigenvalue weighted by atomic mass is 9.74. The van der Waals surface area contributed by atoms with E-state index in [9.17, 15) is 23.1 Å². The number of rotatable bonds is 2. The molecule has 2 aliphatic heterocycles. The fraction of sp³-hybridized carbons (Fsp3) is 0.579. The highest BCUT2D eigenvalue weighted by Crippen LogP contribution is 2.40. The molecule has 3 heterocycles. The van der Waals surface area contributed by atoms with Gasteiger partial charge in [-0.1, -0.05) is 0 Å². The van der Waals surface area contributed by atoms with Crippen LogP contribution in [-0.2, 0) is 11.0 Å². The molecule has 1 aromatic heterocycles. The van der Waals surface area contributed by atoms with Crippen molar-refractivity contribution in [2.75, 3.05) is 24.5 Å². The zero-order valence-electron chi connectivity index (χ0n) is 15.5. The average Bonchev–Trinajstić information content (AvgIpc) is 3.05. The van der Waals surface area contributed by atoms with Crippen LogP contribution in [0.5, 0.6) is 0 Å². The number of alkyl halides is 3. The lowest BCUT2D eigenvalue weighted by Crippen LogP contribution is -2.42. The second-order valence-corrected chi connectivity index (χ2v) is 7.84. The van der Waals surface area contributed by atoms with Gasteiger partial charge in [0.2, 0.25) is 5.82 Å². The number of anilines is 1. The Morgan fingerprint density at radius 1 is 1.29 bits per heavy atom. The molecule has 1 aromatic rings. The summed E-state index contributed by atoms with van der Waals surface area (Å²) in [5.74, 6) is -0.721. The maximum absolute atomic E-state index is 12.8. The second-order valence-electron chi connectivity index (χ2n) is 7.84. The summed E-state index contributed by atoms with van der Waals surface area (Å²) in [5, 5.41) is 10.8. The predicted octanol–water partition coefficient (Wildman–Crippen LogP) is 2.58. The van der Waals surface area contributed by atoms with E-state index in [1.165, 1.54) is 6.07 Å². The minimum Gasteiger partial charge on any atom is -0.385 e. The number of piperidine rings is 1. The van der Waals surface area contributed by atoms with Crippen molar-refractivity contribution in [3.63, 3.8) is 0 Å². The summed E-state index contributed by atoms with van der Waals surface area (Å²) in [4.78, 5) is 25.3. The Bertz CT molecular complexity index is 868. The lowest BCUT2D eigenvalue weighted by molar-refractivity contribution is -0.144. The molecule has 0 radical (unpaired) electrons. The number of hydrogen-bond donors (Lipinski definition) is 1. The molecule has 6 nitrogen and oxygen atoms in total. The molecule has 0 saturated carbocycles. The molecule has 9 heteroatoms. The van der Waals surface area contributed by atoms with Crippen LogP contribution in [0.25, 0.3) is 0 Å². The number of ketones is 1. The molecule has 1 N–H and O–H groups in total. The van der Waals surface area contributed by atoms with Gasteiger partial charge in [0, 0.05) is 49.3 Å². The van der Waals surface area contributed by atoms with Crippen LogP contribution in [0.2, 0.25) is 0 Å². The van der Waals surface area contributed by atoms with Crippen LogP contribution < -0.4 is 4.90 Å². The first kappa shape index (κ1) is 19.0. The van der Waals surface area contributed by atoms with E-state index in [0.717, 1.165) is 23.1 Å². The van der Waals surface area contributed by atoms with E-state index in [1.807, 2.05) is 4.90 Å². The summed E-state index contributed by atoms with van der Waals surface area (Å²) in [6.07, 6.45) is -1.59. The largest absolute Gasteiger partial charge is 0.451 e. The van der Waals surface area contributed by atoms with Gasteiger partial charge in [-0.3, -0.25) is 9.79 Å². The van der Waals surface area contributed by atoms with E-state index in [-0.39, 0.29) is 23.9 Å². The minimum atomic E-state index is -4.57. The Balaban J connectivity index is 1.48. The molecule has 1 atom stereocenters. The van der Waals surface area contributed by atoms with Gasteiger partial charge in [0.25, 0.3) is 0 Å². The number of carbonyl (C=O) groups is 1. The Morgan fingerprint density at radius 3 is 2.68 bits per heavy atom. The standard InChI is InChI=1S/C19H21F3N4O2/c1-18(28)9-13(27)8-12-10-24-16(15(12)18)11-3-6-26(7-4-11)14-2-5-23-17(25-14)19(20,21)22/h2,5,11,28H,3-4,6-10H2,1H3. The first-order chi connectivity index (χ1) is 13.1. The van der Waals surface area contributed by atoms with Crippen LogP contribution in [0.3, 0.4) is 0 Å². The maximum Gasteiger partial charge on any atom is 0.451 e. The van der Waals surface area contributed by atoms with Gasteiger partial charge >= 0.3 is 6.18 Å². The fourth-order valence-electron chi connectivity index (χ4n) is 4.47. The molecule has 1 fully saturated rings. The van der Waals surface area contributed by atoms with Crippen molar-refractivity contribution in [2.24, 2.45) is 10.9 Å². The highest BCUT2D eigenvalue weighted by atomic mass is 19.4. The van der Waals surface area contributed by atoms with Gasteiger partial charge in [0.15, 0.2) is 0 Å². The number of aliphatic imine (C=N–C) groups is 1. The van der Waals surface area contributed by atoms with Gasteiger partial charge in [0.05, 0.1) is 12.1 Å². The molecule has 1 saturated heterocycles. The molecule has 0 spiro atoms. The van der Waals surface area contributed by atoms with Crippen molar-refractivity contribution in [2.45, 2.75) is 44.4 Å². The van der Waals surface area contributed by atoms with Crippen molar-refractivity contribution in [1.82, 2.24) is 9.97 Å². The lowest BCUT2D eigenvalue weighted by Gasteiger charge is -2.37. The number of aliphatic hydroxyl groups is 1. The van der Waals surface area contributed by atoms with Crippen LogP contribution in [0, 0.1) is 5.92 Å². The van der Waals surface area contributed by atoms with E-state index in [4.69, 9.17) is 0 Å². The van der Waals surface area contributed by atoms with E-state index in [0.29, 0.717) is 38.9 Å². The molecule has 0 aromatic carbocycles. The van der Waals surface area contributed by atoms with Crippen molar-refractivity contribution in [3.05, 3.63) is 29.2 Å². The molecule has 0 amide bonds. The monoisotopic (exact) mass is 394 g/mol. The Hall–Kier alpha value is -2.29. The Morgan fingerprint density at radius 2 is 2.00 bits per heavy atom. The first-order valence-electron chi connectivity index (χ1n) is 9.31. The molecule has 1 aliphatic carbocycles. The highest BCUT2D eigenvalue weighted by molar-refractivity contribution is 6.08. The van der Waals surface area contributed by atoms with Gasteiger partial charge in [0.1, 0.15) is 11.6 Å². The summed E-state index contributed by atoms with van der Waals surface area (Å²) >= 11 is 0. The number of halogens is 3. The summed E-state index contributed by atoms with van der Waals surface area (Å²) in [6.45, 7) is 3.20. The van der Waals surface area contributed by atoms with Crippen LogP contribution in [0.15, 0.2) is 28.4 Å². The zero-order valence-corrected chi connectivity index (χ0v) is 15.5. The molecular weight excluding hydrogens is 373 g/mol. The quantitative estimate of drug-likeness (QED) is 0.834. The van der Waals surface area contributed by atoms with Crippen LogP contribution >= 0.6 is 0 Å². The topological polar surface area (TPSA) is 78.7 Å². The summed E-state index contributed by atoms with van der Waals surface area (Å²) in [6, 6.07) is 1.49. The SMILES string of the molecule is CC1(O)CC(=O)CC2=C1C(C1CCN(c3ccnc(C(F)(F)F)n3)CC1)=NC2. The third kappa shape index (κ3) is 3.43. The smallest absolute Gasteiger partial charge is 0.385 e. The van der Waals surface area contributed by atoms with Crippen LogP contribution in [0.4, 0.5) is 19.0 Å². The average molecular weight is 394 g/mol. The molecule has 28 heavy (non-hydrogen) atoms. The van der Waals surface area contributed by atoms with Crippen LogP contribution in [0.1, 0.15) is 38.4 Å². The second kappa shape index (κ2) is 6.65. The van der Waals surface area contributed by atoms with Gasteiger partial charge < -0.3 is 10.0 Å². The predicted molar refractivity (Wildman–Crippen MR) is 96.2 cm³/mol. The van der Waals surface area contributed by atoms with Gasteiger partial charge in [-0.25, -0.2) is 9.97 Å². The third-order valence-corrected chi connectivity index (χ3v) is 5.64. The first-order valence-corrected chi connectivity index (χ1v) is 9.31. The van der Waals surface area contributed by atoms with Gasteiger partial charge in [-0.2, -0.15) is 13.2 Å². The van der Waals surface area contributed by atoms with Gasteiger partial charge in [-0.15, -0.1) is 0 Å². The number of aromatic nitrogens is 2. The summed E-state index contributed by atoms with van der Waals surface area (Å²) in [7, 11) is 0. The van der Waals surface area contributed by atoms with Crippen molar-refractivity contribution < 1.29 is 23.1 Å². The Labute approximate surface area is 160 Å². The number of nitrogens with zero attached hydrogens (tertiary/aromatic N) is 4. The molecule has 4 rings (SSSR count). The van der Waals surface area contributed by atoms with Crippen LogP contribution in [-0.4, -0.2) is 51.8 Å². The molecule has 150 valence electrons. The summed E-state index contributed by atoms with van der Waals surface area (Å²) in [5.41, 5.74) is 1.40. The third-order valence-electron chi connectivity index (χ3n) is 5.64. The van der Waals surface area contributed by atoms with E-state index >= 15 is 0 Å². The normalized spacial score (nSPS) is 26.5. The van der Waals surface area contributed by atoms with Gasteiger partial charge in [-0.05, 0) is 31.4 Å². The zero-order chi connectivity index (χ0) is 20.1. The highest BCUT2D eigenvalue weighted by Gasteiger charge is 2.43. The molecule has 1 unspecified atom stereocenters. The van der Waals surface area contributed by atoms with E-state index in [2.05, 4.69) is 15.0 Å². The van der Waals surface area contributed by atoms with E-state index < -0.39 is 17.6 Å². The van der Waals surface area contributed by atoms with E-state index in [1.54, 1.807) is 6.92 Å². The molecular formula is C19H21F3N4O2. The van der Waals surface area contributed by atoms with Crippen molar-refractivity contribution >= 4 is 17.3 Å². The molecule has 3 aliphatic rings. The number of hydrogen-bond acceptors (Lipinski definition) is 6. The molecule has 0 bridgehead atoms. The fourth-order valence-corrected chi connectivity index (χ4v) is 4.47. The minimum absolute atomic E-state index is 0.0271. The Kier molecular flexibility index (Phi) is 4.52.